The van der Waals surface area contributed by atoms with E-state index in [4.69, 9.17) is 4.74 Å². The molecule has 0 unspecified atom stereocenters. The number of H-pyrrole nitrogens is 1. The van der Waals surface area contributed by atoms with Gasteiger partial charge in [-0.05, 0) is 37.3 Å². The minimum absolute atomic E-state index is 0.204. The summed E-state index contributed by atoms with van der Waals surface area (Å²) in [5.74, 6) is -0.332. The molecule has 0 bridgehead atoms. The summed E-state index contributed by atoms with van der Waals surface area (Å²) < 4.78 is 32.8. The van der Waals surface area contributed by atoms with E-state index in [-0.39, 0.29) is 18.0 Å². The fourth-order valence-electron chi connectivity index (χ4n) is 4.03. The molecule has 3 aromatic rings. The normalized spacial score (nSPS) is 16.9. The summed E-state index contributed by atoms with van der Waals surface area (Å²) in [5, 5.41) is 10.8. The van der Waals surface area contributed by atoms with Gasteiger partial charge in [0.25, 0.3) is 0 Å². The Balaban J connectivity index is 1.50. The highest BCUT2D eigenvalue weighted by Crippen LogP contribution is 2.30. The van der Waals surface area contributed by atoms with Gasteiger partial charge in [-0.25, -0.2) is 8.42 Å². The second-order valence-electron chi connectivity index (χ2n) is 7.37. The minimum atomic E-state index is -3.65. The molecule has 0 saturated carbocycles. The van der Waals surface area contributed by atoms with Crippen molar-refractivity contribution < 1.29 is 23.1 Å². The SMILES string of the molecule is CCOc1ccc(S(=O)(=O)N2CCN([C@H](C(=O)O)c3c[nH]c4ccccc34)CC2)cc1. The first-order chi connectivity index (χ1) is 14.9. The third kappa shape index (κ3) is 4.16. The van der Waals surface area contributed by atoms with Crippen molar-refractivity contribution in [1.82, 2.24) is 14.2 Å². The van der Waals surface area contributed by atoms with Crippen molar-refractivity contribution in [3.8, 4) is 5.75 Å². The lowest BCUT2D eigenvalue weighted by atomic mass is 10.0. The molecule has 31 heavy (non-hydrogen) atoms. The van der Waals surface area contributed by atoms with Gasteiger partial charge >= 0.3 is 5.97 Å². The maximum absolute atomic E-state index is 13.0. The van der Waals surface area contributed by atoms with Crippen molar-refractivity contribution in [2.75, 3.05) is 32.8 Å². The zero-order valence-corrected chi connectivity index (χ0v) is 18.0. The van der Waals surface area contributed by atoms with Crippen molar-refractivity contribution in [2.24, 2.45) is 0 Å². The molecule has 2 heterocycles. The molecule has 0 spiro atoms. The van der Waals surface area contributed by atoms with Crippen molar-refractivity contribution in [2.45, 2.75) is 17.9 Å². The van der Waals surface area contributed by atoms with Gasteiger partial charge in [-0.3, -0.25) is 9.69 Å². The molecule has 164 valence electrons. The van der Waals surface area contributed by atoms with E-state index >= 15 is 0 Å². The van der Waals surface area contributed by atoms with Crippen LogP contribution in [0.3, 0.4) is 0 Å². The number of rotatable bonds is 7. The average Bonchev–Trinajstić information content (AvgIpc) is 3.18. The van der Waals surface area contributed by atoms with Crippen LogP contribution in [0.2, 0.25) is 0 Å². The number of nitrogens with one attached hydrogen (secondary N) is 1. The molecular formula is C22H25N3O5S. The Bertz CT molecular complexity index is 1170. The quantitative estimate of drug-likeness (QED) is 0.582. The fourth-order valence-corrected chi connectivity index (χ4v) is 5.45. The standard InChI is InChI=1S/C22H25N3O5S/c1-2-30-16-7-9-17(10-8-16)31(28,29)25-13-11-24(12-14-25)21(22(26)27)19-15-23-20-6-4-3-5-18(19)20/h3-10,15,21,23H,2,11-14H2,1H3,(H,26,27)/t21-/m0/s1. The molecule has 1 saturated heterocycles. The van der Waals surface area contributed by atoms with E-state index in [1.54, 1.807) is 30.5 Å². The van der Waals surface area contributed by atoms with Crippen molar-refractivity contribution in [3.05, 3.63) is 60.3 Å². The molecule has 0 aliphatic carbocycles. The molecule has 2 N–H and O–H groups in total. The Hall–Kier alpha value is -2.88. The number of hydrogen-bond donors (Lipinski definition) is 2. The summed E-state index contributed by atoms with van der Waals surface area (Å²) in [5.41, 5.74) is 1.56. The molecule has 1 fully saturated rings. The first kappa shape index (κ1) is 21.4. The van der Waals surface area contributed by atoms with Crippen LogP contribution in [0.1, 0.15) is 18.5 Å². The molecular weight excluding hydrogens is 418 g/mol. The summed E-state index contributed by atoms with van der Waals surface area (Å²) in [6, 6.07) is 13.1. The fraction of sp³-hybridized carbons (Fsp3) is 0.318. The van der Waals surface area contributed by atoms with Gasteiger partial charge in [0, 0.05) is 48.8 Å². The Morgan fingerprint density at radius 2 is 1.77 bits per heavy atom. The monoisotopic (exact) mass is 443 g/mol. The molecule has 2 aromatic carbocycles. The van der Waals surface area contributed by atoms with Crippen LogP contribution in [0.4, 0.5) is 0 Å². The number of benzene rings is 2. The highest BCUT2D eigenvalue weighted by atomic mass is 32.2. The van der Waals surface area contributed by atoms with Crippen LogP contribution in [0, 0.1) is 0 Å². The second-order valence-corrected chi connectivity index (χ2v) is 9.31. The minimum Gasteiger partial charge on any atom is -0.494 e. The van der Waals surface area contributed by atoms with Gasteiger partial charge in [0.15, 0.2) is 0 Å². The number of carboxylic acid groups (broad SMARTS) is 1. The van der Waals surface area contributed by atoms with Gasteiger partial charge in [0.1, 0.15) is 11.8 Å². The van der Waals surface area contributed by atoms with Gasteiger partial charge in [0.2, 0.25) is 10.0 Å². The Morgan fingerprint density at radius 1 is 1.10 bits per heavy atom. The number of para-hydroxylation sites is 1. The summed E-state index contributed by atoms with van der Waals surface area (Å²) in [6.07, 6.45) is 1.73. The van der Waals surface area contributed by atoms with Crippen molar-refractivity contribution >= 4 is 26.9 Å². The first-order valence-corrected chi connectivity index (χ1v) is 11.6. The van der Waals surface area contributed by atoms with E-state index in [9.17, 15) is 18.3 Å². The smallest absolute Gasteiger partial charge is 0.325 e. The number of ether oxygens (including phenoxy) is 1. The van der Waals surface area contributed by atoms with Crippen LogP contribution in [0.25, 0.3) is 10.9 Å². The van der Waals surface area contributed by atoms with E-state index in [1.165, 1.54) is 4.31 Å². The molecule has 1 aromatic heterocycles. The van der Waals surface area contributed by atoms with Crippen LogP contribution in [0.5, 0.6) is 5.75 Å². The number of fused-ring (bicyclic) bond motifs is 1. The Kier molecular flexibility index (Phi) is 5.99. The van der Waals surface area contributed by atoms with Gasteiger partial charge in [-0.15, -0.1) is 0 Å². The number of carboxylic acids is 1. The molecule has 0 amide bonds. The maximum atomic E-state index is 13.0. The summed E-state index contributed by atoms with van der Waals surface area (Å²) in [7, 11) is -3.65. The topological polar surface area (TPSA) is 103 Å². The van der Waals surface area contributed by atoms with Crippen LogP contribution < -0.4 is 4.74 Å². The maximum Gasteiger partial charge on any atom is 0.325 e. The van der Waals surface area contributed by atoms with E-state index in [2.05, 4.69) is 4.98 Å². The van der Waals surface area contributed by atoms with Crippen molar-refractivity contribution in [1.29, 1.82) is 0 Å². The Labute approximate surface area is 181 Å². The lowest BCUT2D eigenvalue weighted by Crippen LogP contribution is -2.50. The summed E-state index contributed by atoms with van der Waals surface area (Å²) in [4.78, 5) is 17.3. The van der Waals surface area contributed by atoms with E-state index in [0.717, 1.165) is 10.9 Å². The zero-order chi connectivity index (χ0) is 22.0. The first-order valence-electron chi connectivity index (χ1n) is 10.2. The largest absolute Gasteiger partial charge is 0.494 e. The van der Waals surface area contributed by atoms with Crippen LogP contribution in [-0.2, 0) is 14.8 Å². The predicted octanol–water partition coefficient (Wildman–Crippen LogP) is 2.70. The van der Waals surface area contributed by atoms with E-state index in [0.29, 0.717) is 31.0 Å². The van der Waals surface area contributed by atoms with E-state index < -0.39 is 22.0 Å². The Morgan fingerprint density at radius 3 is 2.42 bits per heavy atom. The zero-order valence-electron chi connectivity index (χ0n) is 17.2. The highest BCUT2D eigenvalue weighted by molar-refractivity contribution is 7.89. The summed E-state index contributed by atoms with van der Waals surface area (Å²) >= 11 is 0. The van der Waals surface area contributed by atoms with E-state index in [1.807, 2.05) is 36.1 Å². The number of aromatic nitrogens is 1. The number of sulfonamides is 1. The van der Waals surface area contributed by atoms with Crippen LogP contribution in [0.15, 0.2) is 59.6 Å². The second kappa shape index (κ2) is 8.70. The molecule has 1 aliphatic heterocycles. The lowest BCUT2D eigenvalue weighted by Gasteiger charge is -2.37. The van der Waals surface area contributed by atoms with Gasteiger partial charge in [0.05, 0.1) is 11.5 Å². The van der Waals surface area contributed by atoms with Crippen LogP contribution in [-0.4, -0.2) is 66.5 Å². The van der Waals surface area contributed by atoms with Gasteiger partial charge in [-0.2, -0.15) is 4.31 Å². The number of nitrogens with zero attached hydrogens (tertiary/aromatic N) is 2. The molecule has 0 radical (unpaired) electrons. The lowest BCUT2D eigenvalue weighted by molar-refractivity contribution is -0.144. The van der Waals surface area contributed by atoms with Crippen molar-refractivity contribution in [3.63, 3.8) is 0 Å². The molecule has 1 aliphatic rings. The predicted molar refractivity (Wildman–Crippen MR) is 117 cm³/mol. The number of hydrogen-bond acceptors (Lipinski definition) is 5. The average molecular weight is 444 g/mol. The number of piperazine rings is 1. The molecule has 1 atom stereocenters. The number of aliphatic carboxylic acids is 1. The third-order valence-corrected chi connectivity index (χ3v) is 7.47. The van der Waals surface area contributed by atoms with Crippen LogP contribution >= 0.6 is 0 Å². The molecule has 9 heteroatoms. The number of aromatic amines is 1. The third-order valence-electron chi connectivity index (χ3n) is 5.56. The molecule has 4 rings (SSSR count). The summed E-state index contributed by atoms with van der Waals surface area (Å²) in [6.45, 7) is 3.48. The molecule has 8 nitrogen and oxygen atoms in total. The van der Waals surface area contributed by atoms with Gasteiger partial charge in [-0.1, -0.05) is 18.2 Å². The number of carbonyl (C=O) groups is 1. The highest BCUT2D eigenvalue weighted by Gasteiger charge is 2.35. The van der Waals surface area contributed by atoms with Gasteiger partial charge < -0.3 is 14.8 Å².